The lowest BCUT2D eigenvalue weighted by Gasteiger charge is -2.04. The minimum absolute atomic E-state index is 0.262. The Morgan fingerprint density at radius 3 is 2.60 bits per heavy atom. The summed E-state index contributed by atoms with van der Waals surface area (Å²) >= 11 is 2.76. The van der Waals surface area contributed by atoms with Crippen molar-refractivity contribution in [3.05, 3.63) is 76.6 Å². The van der Waals surface area contributed by atoms with Crippen LogP contribution in [-0.4, -0.2) is 10.9 Å². The summed E-state index contributed by atoms with van der Waals surface area (Å²) in [6.07, 6.45) is 0. The van der Waals surface area contributed by atoms with Gasteiger partial charge in [-0.15, -0.1) is 23.1 Å². The van der Waals surface area contributed by atoms with Crippen molar-refractivity contribution in [2.75, 3.05) is 5.32 Å². The molecule has 0 aliphatic carbocycles. The molecule has 2 aromatic carbocycles. The van der Waals surface area contributed by atoms with E-state index in [1.807, 2.05) is 30.3 Å². The fourth-order valence-electron chi connectivity index (χ4n) is 1.97. The van der Waals surface area contributed by atoms with E-state index in [-0.39, 0.29) is 5.13 Å². The number of hydrogen-bond donors (Lipinski definition) is 1. The quantitative estimate of drug-likeness (QED) is 0.494. The molecule has 128 valence electrons. The number of benzene rings is 2. The van der Waals surface area contributed by atoms with Gasteiger partial charge in [0.15, 0.2) is 22.6 Å². The van der Waals surface area contributed by atoms with Crippen molar-refractivity contribution in [2.24, 2.45) is 0 Å². The highest BCUT2D eigenvalue weighted by Gasteiger charge is 2.19. The molecule has 0 saturated carbocycles. The number of carbonyl (C=O) groups excluding carboxylic acids is 1. The lowest BCUT2D eigenvalue weighted by molar-refractivity contribution is 0.102. The van der Waals surface area contributed by atoms with Gasteiger partial charge in [0.25, 0.3) is 5.91 Å². The number of halogens is 3. The number of thiazole rings is 1. The molecule has 3 rings (SSSR count). The zero-order chi connectivity index (χ0) is 17.8. The molecular weight excluding hydrogens is 369 g/mol. The Morgan fingerprint density at radius 1 is 1.08 bits per heavy atom. The van der Waals surface area contributed by atoms with E-state index in [0.717, 1.165) is 16.7 Å². The van der Waals surface area contributed by atoms with Crippen LogP contribution in [0.3, 0.4) is 0 Å². The van der Waals surface area contributed by atoms with Gasteiger partial charge in [0.1, 0.15) is 0 Å². The Balaban J connectivity index is 1.65. The molecule has 0 fully saturated rings. The number of amides is 1. The maximum Gasteiger partial charge on any atom is 0.260 e. The summed E-state index contributed by atoms with van der Waals surface area (Å²) in [4.78, 5) is 17.3. The van der Waals surface area contributed by atoms with Crippen molar-refractivity contribution >= 4 is 34.1 Å². The molecule has 3 nitrogen and oxygen atoms in total. The molecule has 0 saturated heterocycles. The molecular formula is C17H11F3N2OS2. The van der Waals surface area contributed by atoms with Crippen LogP contribution in [-0.2, 0) is 5.75 Å². The molecule has 0 bridgehead atoms. The molecule has 0 radical (unpaired) electrons. The van der Waals surface area contributed by atoms with E-state index in [1.165, 1.54) is 11.3 Å². The Morgan fingerprint density at radius 2 is 1.84 bits per heavy atom. The largest absolute Gasteiger partial charge is 0.298 e. The highest BCUT2D eigenvalue weighted by molar-refractivity contribution is 7.98. The predicted molar refractivity (Wildman–Crippen MR) is 92.4 cm³/mol. The number of rotatable bonds is 5. The molecule has 1 amide bonds. The SMILES string of the molecule is O=C(Nc1nc(CSc2ccccc2)cs1)c1ccc(F)c(F)c1F. The zero-order valence-corrected chi connectivity index (χ0v) is 14.3. The number of nitrogens with one attached hydrogen (secondary N) is 1. The topological polar surface area (TPSA) is 42.0 Å². The zero-order valence-electron chi connectivity index (χ0n) is 12.6. The normalized spacial score (nSPS) is 10.7. The Bertz CT molecular complexity index is 900. The smallest absolute Gasteiger partial charge is 0.260 e. The molecule has 0 aliphatic heterocycles. The first-order chi connectivity index (χ1) is 12.0. The van der Waals surface area contributed by atoms with Crippen LogP contribution in [0.5, 0.6) is 0 Å². The fraction of sp³-hybridized carbons (Fsp3) is 0.0588. The van der Waals surface area contributed by atoms with Gasteiger partial charge < -0.3 is 0 Å². The fourth-order valence-corrected chi connectivity index (χ4v) is 3.59. The number of carbonyl (C=O) groups is 1. The summed E-state index contributed by atoms with van der Waals surface area (Å²) in [5, 5.41) is 4.43. The number of anilines is 1. The molecule has 1 aromatic heterocycles. The standard InChI is InChI=1S/C17H11F3N2OS2/c18-13-7-6-12(14(19)15(13)20)16(23)22-17-21-10(9-25-17)8-24-11-4-2-1-3-5-11/h1-7,9H,8H2,(H,21,22,23). The van der Waals surface area contributed by atoms with Crippen LogP contribution in [0.2, 0.25) is 0 Å². The minimum Gasteiger partial charge on any atom is -0.298 e. The third kappa shape index (κ3) is 4.21. The maximum absolute atomic E-state index is 13.6. The van der Waals surface area contributed by atoms with Crippen molar-refractivity contribution in [1.82, 2.24) is 4.98 Å². The molecule has 0 spiro atoms. The van der Waals surface area contributed by atoms with Gasteiger partial charge in [-0.25, -0.2) is 18.2 Å². The van der Waals surface area contributed by atoms with Crippen LogP contribution in [0.25, 0.3) is 0 Å². The third-order valence-corrected chi connectivity index (χ3v) is 5.03. The van der Waals surface area contributed by atoms with Gasteiger partial charge in [-0.05, 0) is 24.3 Å². The van der Waals surface area contributed by atoms with Gasteiger partial charge in [-0.3, -0.25) is 10.1 Å². The van der Waals surface area contributed by atoms with Crippen LogP contribution in [0.15, 0.2) is 52.7 Å². The van der Waals surface area contributed by atoms with Crippen molar-refractivity contribution in [3.8, 4) is 0 Å². The van der Waals surface area contributed by atoms with Crippen molar-refractivity contribution in [2.45, 2.75) is 10.6 Å². The van der Waals surface area contributed by atoms with E-state index in [2.05, 4.69) is 10.3 Å². The van der Waals surface area contributed by atoms with Crippen molar-refractivity contribution in [3.63, 3.8) is 0 Å². The highest BCUT2D eigenvalue weighted by Crippen LogP contribution is 2.25. The molecule has 1 heterocycles. The Labute approximate surface area is 149 Å². The van der Waals surface area contributed by atoms with Crippen LogP contribution >= 0.6 is 23.1 Å². The van der Waals surface area contributed by atoms with E-state index in [1.54, 1.807) is 17.1 Å². The third-order valence-electron chi connectivity index (χ3n) is 3.18. The predicted octanol–water partition coefficient (Wildman–Crippen LogP) is 5.11. The summed E-state index contributed by atoms with van der Waals surface area (Å²) in [6.45, 7) is 0. The number of hydrogen-bond acceptors (Lipinski definition) is 4. The lowest BCUT2D eigenvalue weighted by Crippen LogP contribution is -2.15. The first-order valence-electron chi connectivity index (χ1n) is 7.11. The van der Waals surface area contributed by atoms with E-state index < -0.39 is 28.9 Å². The molecule has 0 aliphatic rings. The second-order valence-corrected chi connectivity index (χ2v) is 6.83. The second-order valence-electron chi connectivity index (χ2n) is 4.92. The summed E-state index contributed by atoms with van der Waals surface area (Å²) in [5.41, 5.74) is 0.175. The Hall–Kier alpha value is -2.32. The molecule has 1 N–H and O–H groups in total. The maximum atomic E-state index is 13.6. The van der Waals surface area contributed by atoms with Gasteiger partial charge in [0.2, 0.25) is 0 Å². The molecule has 3 aromatic rings. The minimum atomic E-state index is -1.67. The van der Waals surface area contributed by atoms with E-state index in [9.17, 15) is 18.0 Å². The first-order valence-corrected chi connectivity index (χ1v) is 8.98. The first kappa shape index (κ1) is 17.5. The number of aromatic nitrogens is 1. The lowest BCUT2D eigenvalue weighted by atomic mass is 10.2. The van der Waals surface area contributed by atoms with Gasteiger partial charge in [-0.1, -0.05) is 18.2 Å². The van der Waals surface area contributed by atoms with E-state index >= 15 is 0 Å². The van der Waals surface area contributed by atoms with E-state index in [0.29, 0.717) is 11.8 Å². The molecule has 0 atom stereocenters. The second kappa shape index (κ2) is 7.71. The molecule has 25 heavy (non-hydrogen) atoms. The molecule has 8 heteroatoms. The van der Waals surface area contributed by atoms with Crippen molar-refractivity contribution in [1.29, 1.82) is 0 Å². The van der Waals surface area contributed by atoms with Crippen molar-refractivity contribution < 1.29 is 18.0 Å². The summed E-state index contributed by atoms with van der Waals surface area (Å²) < 4.78 is 39.8. The van der Waals surface area contributed by atoms with Crippen LogP contribution in [0.4, 0.5) is 18.3 Å². The number of thioether (sulfide) groups is 1. The average molecular weight is 380 g/mol. The number of nitrogens with zero attached hydrogens (tertiary/aromatic N) is 1. The monoisotopic (exact) mass is 380 g/mol. The van der Waals surface area contributed by atoms with Crippen LogP contribution in [0, 0.1) is 17.5 Å². The highest BCUT2D eigenvalue weighted by atomic mass is 32.2. The van der Waals surface area contributed by atoms with Gasteiger partial charge in [0.05, 0.1) is 11.3 Å². The summed E-state index contributed by atoms with van der Waals surface area (Å²) in [5.74, 6) is -4.81. The average Bonchev–Trinajstić information content (AvgIpc) is 3.06. The van der Waals surface area contributed by atoms with E-state index in [4.69, 9.17) is 0 Å². The Kier molecular flexibility index (Phi) is 5.40. The van der Waals surface area contributed by atoms with Crippen LogP contribution in [0.1, 0.15) is 16.1 Å². The van der Waals surface area contributed by atoms with Crippen LogP contribution < -0.4 is 5.32 Å². The van der Waals surface area contributed by atoms with Gasteiger partial charge in [-0.2, -0.15) is 0 Å². The van der Waals surface area contributed by atoms with Gasteiger partial charge in [0, 0.05) is 16.0 Å². The molecule has 0 unspecified atom stereocenters. The summed E-state index contributed by atoms with van der Waals surface area (Å²) in [6, 6.07) is 11.4. The summed E-state index contributed by atoms with van der Waals surface area (Å²) in [7, 11) is 0. The van der Waals surface area contributed by atoms with Gasteiger partial charge >= 0.3 is 0 Å².